The van der Waals surface area contributed by atoms with Gasteiger partial charge < -0.3 is 15.4 Å². The Bertz CT molecular complexity index is 888. The first-order valence-electron chi connectivity index (χ1n) is 7.57. The van der Waals surface area contributed by atoms with Crippen LogP contribution < -0.4 is 10.9 Å². The van der Waals surface area contributed by atoms with Crippen LogP contribution in [0.15, 0.2) is 69.3 Å². The van der Waals surface area contributed by atoms with E-state index in [9.17, 15) is 13.2 Å². The van der Waals surface area contributed by atoms with Crippen molar-refractivity contribution in [2.75, 3.05) is 21.2 Å². The minimum absolute atomic E-state index is 0.00245. The van der Waals surface area contributed by atoms with Crippen LogP contribution in [0.2, 0.25) is 0 Å². The Hall–Kier alpha value is -2.23. The zero-order chi connectivity index (χ0) is 19.5. The zero-order valence-electron chi connectivity index (χ0n) is 14.7. The van der Waals surface area contributed by atoms with Crippen molar-refractivity contribution in [2.45, 2.75) is 10.1 Å². The Labute approximate surface area is 157 Å². The highest BCUT2D eigenvalue weighted by molar-refractivity contribution is 8.00. The third kappa shape index (κ3) is 4.48. The Morgan fingerprint density at radius 2 is 1.88 bits per heavy atom. The van der Waals surface area contributed by atoms with Gasteiger partial charge in [-0.25, -0.2) is 18.4 Å². The fourth-order valence-electron chi connectivity index (χ4n) is 2.51. The van der Waals surface area contributed by atoms with Crippen molar-refractivity contribution in [3.05, 3.63) is 64.4 Å². The summed E-state index contributed by atoms with van der Waals surface area (Å²) in [5, 5.41) is 4.81. The summed E-state index contributed by atoms with van der Waals surface area (Å²) in [6.07, 6.45) is 3.23. The van der Waals surface area contributed by atoms with Crippen LogP contribution in [0.3, 0.4) is 0 Å². The highest BCUT2D eigenvalue weighted by Gasteiger charge is 2.36. The summed E-state index contributed by atoms with van der Waals surface area (Å²) < 4.78 is 28.9. The molecule has 7 nitrogen and oxygen atoms in total. The van der Waals surface area contributed by atoms with Gasteiger partial charge >= 0.3 is 5.97 Å². The third-order valence-electron chi connectivity index (χ3n) is 3.50. The van der Waals surface area contributed by atoms with E-state index in [1.165, 1.54) is 24.9 Å². The van der Waals surface area contributed by atoms with Gasteiger partial charge in [-0.15, -0.1) is 11.8 Å². The molecule has 0 aromatic heterocycles. The molecule has 9 heteroatoms. The van der Waals surface area contributed by atoms with E-state index < -0.39 is 26.1 Å². The first kappa shape index (κ1) is 20.1. The summed E-state index contributed by atoms with van der Waals surface area (Å²) in [4.78, 5) is 14.4. The lowest BCUT2D eigenvalue weighted by Gasteiger charge is -2.27. The van der Waals surface area contributed by atoms with Crippen molar-refractivity contribution >= 4 is 27.8 Å². The minimum atomic E-state index is -4.23. The van der Waals surface area contributed by atoms with Gasteiger partial charge in [-0.05, 0) is 23.8 Å². The molecule has 0 amide bonds. The quantitative estimate of drug-likeness (QED) is 0.719. The molecule has 2 rings (SSSR count). The van der Waals surface area contributed by atoms with Gasteiger partial charge in [0.05, 0.1) is 17.9 Å². The molecule has 1 aliphatic carbocycles. The molecule has 0 heterocycles. The summed E-state index contributed by atoms with van der Waals surface area (Å²) in [7, 11) is 0.577. The lowest BCUT2D eigenvalue weighted by atomic mass is 9.99. The first-order chi connectivity index (χ1) is 12.1. The van der Waals surface area contributed by atoms with Crippen LogP contribution in [0.4, 0.5) is 0 Å². The predicted molar refractivity (Wildman–Crippen MR) is 102 cm³/mol. The number of nitrogens with two attached hydrogens (primary N) is 2. The van der Waals surface area contributed by atoms with Crippen LogP contribution in [0, 0.1) is 0 Å². The number of sulfonamides is 1. The second-order valence-electron chi connectivity index (χ2n) is 5.78. The molecule has 1 atom stereocenters. The lowest BCUT2D eigenvalue weighted by Crippen LogP contribution is -2.32. The predicted octanol–water partition coefficient (Wildman–Crippen LogP) is 1.16. The second kappa shape index (κ2) is 7.98. The lowest BCUT2D eigenvalue weighted by molar-refractivity contribution is -0.135. The molecule has 0 spiro atoms. The van der Waals surface area contributed by atoms with Gasteiger partial charge in [-0.2, -0.15) is 0 Å². The molecule has 0 saturated heterocycles. The summed E-state index contributed by atoms with van der Waals surface area (Å²) in [5.41, 5.74) is 6.68. The number of nitrogens with zero attached hydrogens (tertiary/aromatic N) is 1. The second-order valence-corrected chi connectivity index (χ2v) is 8.46. The number of rotatable bonds is 5. The number of esters is 1. The molecule has 1 aromatic rings. The summed E-state index contributed by atoms with van der Waals surface area (Å²) in [6, 6.07) is 9.40. The molecule has 1 aromatic carbocycles. The van der Waals surface area contributed by atoms with E-state index in [0.29, 0.717) is 5.57 Å². The normalized spacial score (nSPS) is 19.3. The van der Waals surface area contributed by atoms with Gasteiger partial charge in [0.2, 0.25) is 10.0 Å². The van der Waals surface area contributed by atoms with Crippen molar-refractivity contribution < 1.29 is 17.9 Å². The SMILES string of the molecule is COC(=O)C1=CC(=CN(C)C)C(Sc2ccccc2)C(N)=C1S(N)(=O)=O. The van der Waals surface area contributed by atoms with Crippen LogP contribution in [0.25, 0.3) is 0 Å². The third-order valence-corrected chi connectivity index (χ3v) is 5.83. The fourth-order valence-corrected chi connectivity index (χ4v) is 4.58. The first-order valence-corrected chi connectivity index (χ1v) is 10.0. The van der Waals surface area contributed by atoms with Crippen molar-refractivity contribution in [1.29, 1.82) is 0 Å². The average Bonchev–Trinajstić information content (AvgIpc) is 2.56. The van der Waals surface area contributed by atoms with Gasteiger partial charge in [0.15, 0.2) is 0 Å². The van der Waals surface area contributed by atoms with Gasteiger partial charge in [-0.3, -0.25) is 0 Å². The fraction of sp³-hybridized carbons (Fsp3) is 0.235. The number of methoxy groups -OCH3 is 1. The van der Waals surface area contributed by atoms with Gasteiger partial charge in [0, 0.05) is 30.9 Å². The summed E-state index contributed by atoms with van der Waals surface area (Å²) in [6.45, 7) is 0. The van der Waals surface area contributed by atoms with Crippen LogP contribution in [0.5, 0.6) is 0 Å². The number of hydrogen-bond donors (Lipinski definition) is 2. The number of ether oxygens (including phenoxy) is 1. The summed E-state index contributed by atoms with van der Waals surface area (Å²) >= 11 is 1.37. The molecular formula is C17H21N3O4S2. The highest BCUT2D eigenvalue weighted by atomic mass is 32.2. The zero-order valence-corrected chi connectivity index (χ0v) is 16.3. The van der Waals surface area contributed by atoms with Gasteiger partial charge in [-0.1, -0.05) is 18.2 Å². The van der Waals surface area contributed by atoms with Gasteiger partial charge in [0.25, 0.3) is 0 Å². The molecule has 26 heavy (non-hydrogen) atoms. The minimum Gasteiger partial charge on any atom is -0.465 e. The Kier molecular flexibility index (Phi) is 6.17. The molecule has 4 N–H and O–H groups in total. The summed E-state index contributed by atoms with van der Waals surface area (Å²) in [5.74, 6) is -0.815. The smallest absolute Gasteiger partial charge is 0.339 e. The topological polar surface area (TPSA) is 116 Å². The number of allylic oxidation sites excluding steroid dienone is 1. The maximum atomic E-state index is 12.1. The van der Waals surface area contributed by atoms with E-state index in [0.717, 1.165) is 4.90 Å². The largest absolute Gasteiger partial charge is 0.465 e. The number of primary sulfonamides is 1. The number of carbonyl (C=O) groups excluding carboxylic acids is 1. The molecule has 0 fully saturated rings. The molecule has 0 bridgehead atoms. The Balaban J connectivity index is 2.65. The van der Waals surface area contributed by atoms with Gasteiger partial charge in [0.1, 0.15) is 4.91 Å². The van der Waals surface area contributed by atoms with E-state index in [-0.39, 0.29) is 11.3 Å². The van der Waals surface area contributed by atoms with E-state index in [1.54, 1.807) is 11.1 Å². The van der Waals surface area contributed by atoms with Crippen molar-refractivity contribution in [3.63, 3.8) is 0 Å². The van der Waals surface area contributed by atoms with Crippen LogP contribution in [-0.4, -0.2) is 45.7 Å². The molecular weight excluding hydrogens is 374 g/mol. The number of carbonyl (C=O) groups is 1. The Morgan fingerprint density at radius 1 is 1.27 bits per heavy atom. The molecule has 1 unspecified atom stereocenters. The van der Waals surface area contributed by atoms with E-state index in [2.05, 4.69) is 0 Å². The Morgan fingerprint density at radius 3 is 2.38 bits per heavy atom. The monoisotopic (exact) mass is 395 g/mol. The number of hydrogen-bond acceptors (Lipinski definition) is 7. The molecule has 0 saturated carbocycles. The van der Waals surface area contributed by atoms with E-state index in [4.69, 9.17) is 15.6 Å². The van der Waals surface area contributed by atoms with Crippen molar-refractivity contribution in [1.82, 2.24) is 4.90 Å². The molecule has 140 valence electrons. The van der Waals surface area contributed by atoms with Crippen LogP contribution in [0.1, 0.15) is 0 Å². The van der Waals surface area contributed by atoms with Crippen molar-refractivity contribution in [2.24, 2.45) is 10.9 Å². The van der Waals surface area contributed by atoms with E-state index in [1.807, 2.05) is 44.4 Å². The molecule has 1 aliphatic rings. The van der Waals surface area contributed by atoms with E-state index >= 15 is 0 Å². The number of benzene rings is 1. The van der Waals surface area contributed by atoms with Crippen molar-refractivity contribution in [3.8, 4) is 0 Å². The number of thioether (sulfide) groups is 1. The standard InChI is InChI=1S/C17H21N3O4S2/c1-20(2)10-11-9-13(17(21)24-3)16(26(19,22)23)14(18)15(11)25-12-7-5-4-6-8-12/h4-10,15H,18H2,1-3H3,(H2,19,22,23). The van der Waals surface area contributed by atoms with Crippen LogP contribution in [-0.2, 0) is 19.6 Å². The van der Waals surface area contributed by atoms with Crippen LogP contribution >= 0.6 is 11.8 Å². The average molecular weight is 396 g/mol. The maximum absolute atomic E-state index is 12.1. The molecule has 0 aliphatic heterocycles. The maximum Gasteiger partial charge on any atom is 0.339 e. The molecule has 0 radical (unpaired) electrons. The highest BCUT2D eigenvalue weighted by Crippen LogP contribution is 2.39.